The second-order valence-corrected chi connectivity index (χ2v) is 8.05. The molecule has 30 heavy (non-hydrogen) atoms. The normalized spacial score (nSPS) is 16.9. The van der Waals surface area contributed by atoms with Gasteiger partial charge < -0.3 is 14.5 Å². The van der Waals surface area contributed by atoms with Crippen molar-refractivity contribution in [2.45, 2.75) is 26.3 Å². The smallest absolute Gasteiger partial charge is 0.265 e. The lowest BCUT2D eigenvalue weighted by Gasteiger charge is -2.35. The van der Waals surface area contributed by atoms with Crippen LogP contribution in [-0.4, -0.2) is 60.9 Å². The van der Waals surface area contributed by atoms with Crippen LogP contribution in [0.25, 0.3) is 0 Å². The van der Waals surface area contributed by atoms with Crippen molar-refractivity contribution in [1.29, 1.82) is 0 Å². The van der Waals surface area contributed by atoms with Gasteiger partial charge in [-0.1, -0.05) is 36.4 Å². The molecule has 2 aromatic carbocycles. The van der Waals surface area contributed by atoms with Crippen LogP contribution in [0.5, 0.6) is 5.75 Å². The highest BCUT2D eigenvalue weighted by molar-refractivity contribution is 5.98. The van der Waals surface area contributed by atoms with E-state index in [1.165, 1.54) is 5.56 Å². The van der Waals surface area contributed by atoms with Crippen molar-refractivity contribution < 1.29 is 14.3 Å². The fourth-order valence-corrected chi connectivity index (χ4v) is 4.10. The molecule has 2 amide bonds. The summed E-state index contributed by atoms with van der Waals surface area (Å²) in [6.45, 7) is 6.86. The number of aryl methyl sites for hydroxylation is 1. The van der Waals surface area contributed by atoms with Gasteiger partial charge in [0.05, 0.1) is 5.69 Å². The number of fused-ring (bicyclic) bond motifs is 1. The standard InChI is InChI=1S/C24H29N3O3/c1-19-9-10-22-21(16-19)27(24(29)18-30-22)11-5-8-23(28)26-14-12-25(13-15-26)17-20-6-3-2-4-7-20/h2-4,6-7,9-10,16H,5,8,11-15,17-18H2,1H3. The zero-order valence-electron chi connectivity index (χ0n) is 17.5. The molecule has 6 heteroatoms. The number of hydrogen-bond donors (Lipinski definition) is 0. The van der Waals surface area contributed by atoms with Gasteiger partial charge in [-0.05, 0) is 36.6 Å². The summed E-state index contributed by atoms with van der Waals surface area (Å²) in [4.78, 5) is 31.1. The second kappa shape index (κ2) is 9.30. The average Bonchev–Trinajstić information content (AvgIpc) is 2.76. The van der Waals surface area contributed by atoms with Gasteiger partial charge in [0.1, 0.15) is 5.75 Å². The molecular weight excluding hydrogens is 378 g/mol. The summed E-state index contributed by atoms with van der Waals surface area (Å²) >= 11 is 0. The minimum absolute atomic E-state index is 0.0462. The van der Waals surface area contributed by atoms with Crippen LogP contribution in [-0.2, 0) is 16.1 Å². The summed E-state index contributed by atoms with van der Waals surface area (Å²) in [7, 11) is 0. The Morgan fingerprint density at radius 2 is 1.80 bits per heavy atom. The first kappa shape index (κ1) is 20.4. The van der Waals surface area contributed by atoms with Gasteiger partial charge in [-0.2, -0.15) is 0 Å². The molecule has 2 heterocycles. The summed E-state index contributed by atoms with van der Waals surface area (Å²) < 4.78 is 5.53. The SMILES string of the molecule is Cc1ccc2c(c1)N(CCCC(=O)N1CCN(Cc3ccccc3)CC1)C(=O)CO2. The third kappa shape index (κ3) is 4.82. The van der Waals surface area contributed by atoms with Crippen molar-refractivity contribution in [2.75, 3.05) is 44.2 Å². The topological polar surface area (TPSA) is 53.1 Å². The Morgan fingerprint density at radius 1 is 1.03 bits per heavy atom. The fourth-order valence-electron chi connectivity index (χ4n) is 4.10. The van der Waals surface area contributed by atoms with E-state index < -0.39 is 0 Å². The second-order valence-electron chi connectivity index (χ2n) is 8.05. The van der Waals surface area contributed by atoms with Crippen LogP contribution >= 0.6 is 0 Å². The fraction of sp³-hybridized carbons (Fsp3) is 0.417. The van der Waals surface area contributed by atoms with Crippen molar-refractivity contribution in [3.8, 4) is 5.75 Å². The first-order chi connectivity index (χ1) is 14.6. The maximum Gasteiger partial charge on any atom is 0.265 e. The molecule has 0 aliphatic carbocycles. The molecule has 6 nitrogen and oxygen atoms in total. The first-order valence-electron chi connectivity index (χ1n) is 10.7. The molecule has 0 bridgehead atoms. The molecule has 2 aromatic rings. The summed E-state index contributed by atoms with van der Waals surface area (Å²) in [6, 6.07) is 16.3. The Morgan fingerprint density at radius 3 is 2.57 bits per heavy atom. The van der Waals surface area contributed by atoms with Gasteiger partial charge in [-0.25, -0.2) is 0 Å². The van der Waals surface area contributed by atoms with E-state index in [0.29, 0.717) is 19.4 Å². The van der Waals surface area contributed by atoms with E-state index in [2.05, 4.69) is 29.2 Å². The highest BCUT2D eigenvalue weighted by Crippen LogP contribution is 2.33. The van der Waals surface area contributed by atoms with E-state index in [0.717, 1.165) is 49.7 Å². The van der Waals surface area contributed by atoms with Crippen LogP contribution in [0.3, 0.4) is 0 Å². The third-order valence-electron chi connectivity index (χ3n) is 5.80. The van der Waals surface area contributed by atoms with Gasteiger partial charge in [0.15, 0.2) is 6.61 Å². The number of anilines is 1. The van der Waals surface area contributed by atoms with E-state index in [4.69, 9.17) is 4.74 Å². The molecule has 2 aliphatic rings. The number of nitrogens with zero attached hydrogens (tertiary/aromatic N) is 3. The van der Waals surface area contributed by atoms with Gasteiger partial charge in [0, 0.05) is 45.7 Å². The third-order valence-corrected chi connectivity index (χ3v) is 5.80. The monoisotopic (exact) mass is 407 g/mol. The lowest BCUT2D eigenvalue weighted by molar-refractivity contribution is -0.133. The maximum atomic E-state index is 12.7. The lowest BCUT2D eigenvalue weighted by Crippen LogP contribution is -2.48. The van der Waals surface area contributed by atoms with Gasteiger partial charge in [0.25, 0.3) is 5.91 Å². The van der Waals surface area contributed by atoms with E-state index >= 15 is 0 Å². The zero-order chi connectivity index (χ0) is 20.9. The van der Waals surface area contributed by atoms with E-state index in [9.17, 15) is 9.59 Å². The van der Waals surface area contributed by atoms with Gasteiger partial charge in [-0.3, -0.25) is 14.5 Å². The molecule has 0 saturated carbocycles. The minimum Gasteiger partial charge on any atom is -0.482 e. The molecule has 1 fully saturated rings. The molecule has 0 spiro atoms. The number of ether oxygens (including phenoxy) is 1. The highest BCUT2D eigenvalue weighted by atomic mass is 16.5. The molecule has 158 valence electrons. The Balaban J connectivity index is 1.24. The molecule has 0 unspecified atom stereocenters. The van der Waals surface area contributed by atoms with Crippen LogP contribution in [0, 0.1) is 6.92 Å². The molecule has 1 saturated heterocycles. The van der Waals surface area contributed by atoms with E-state index in [-0.39, 0.29) is 18.4 Å². The van der Waals surface area contributed by atoms with Crippen molar-refractivity contribution in [2.24, 2.45) is 0 Å². The first-order valence-corrected chi connectivity index (χ1v) is 10.7. The number of carbonyl (C=O) groups excluding carboxylic acids is 2. The highest BCUT2D eigenvalue weighted by Gasteiger charge is 2.26. The largest absolute Gasteiger partial charge is 0.482 e. The Bertz CT molecular complexity index is 892. The maximum absolute atomic E-state index is 12.7. The molecular formula is C24H29N3O3. The molecule has 2 aliphatic heterocycles. The van der Waals surface area contributed by atoms with Gasteiger partial charge in [0.2, 0.25) is 5.91 Å². The average molecular weight is 408 g/mol. The van der Waals surface area contributed by atoms with Crippen molar-refractivity contribution >= 4 is 17.5 Å². The molecule has 0 radical (unpaired) electrons. The number of piperazine rings is 1. The summed E-state index contributed by atoms with van der Waals surface area (Å²) in [5, 5.41) is 0. The summed E-state index contributed by atoms with van der Waals surface area (Å²) in [5.41, 5.74) is 3.21. The number of hydrogen-bond acceptors (Lipinski definition) is 4. The van der Waals surface area contributed by atoms with Crippen molar-refractivity contribution in [1.82, 2.24) is 9.80 Å². The number of carbonyl (C=O) groups is 2. The van der Waals surface area contributed by atoms with Crippen LogP contribution in [0.2, 0.25) is 0 Å². The van der Waals surface area contributed by atoms with Crippen molar-refractivity contribution in [3.05, 3.63) is 59.7 Å². The molecule has 0 atom stereocenters. The Labute approximate surface area is 178 Å². The minimum atomic E-state index is -0.0462. The number of amides is 2. The number of rotatable bonds is 6. The quantitative estimate of drug-likeness (QED) is 0.739. The molecule has 4 rings (SSSR count). The summed E-state index contributed by atoms with van der Waals surface area (Å²) in [6.07, 6.45) is 1.12. The van der Waals surface area contributed by atoms with Crippen LogP contribution < -0.4 is 9.64 Å². The van der Waals surface area contributed by atoms with Crippen molar-refractivity contribution in [3.63, 3.8) is 0 Å². The zero-order valence-corrected chi connectivity index (χ0v) is 17.5. The van der Waals surface area contributed by atoms with Gasteiger partial charge >= 0.3 is 0 Å². The van der Waals surface area contributed by atoms with Crippen LogP contribution in [0.1, 0.15) is 24.0 Å². The van der Waals surface area contributed by atoms with E-state index in [1.807, 2.05) is 36.1 Å². The lowest BCUT2D eigenvalue weighted by atomic mass is 10.1. The Hall–Kier alpha value is -2.86. The van der Waals surface area contributed by atoms with E-state index in [1.54, 1.807) is 4.90 Å². The van der Waals surface area contributed by atoms with Gasteiger partial charge in [-0.15, -0.1) is 0 Å². The predicted molar refractivity (Wildman–Crippen MR) is 117 cm³/mol. The molecule has 0 N–H and O–H groups in total. The predicted octanol–water partition coefficient (Wildman–Crippen LogP) is 2.85. The molecule has 0 aromatic heterocycles. The van der Waals surface area contributed by atoms with Crippen LogP contribution in [0.15, 0.2) is 48.5 Å². The Kier molecular flexibility index (Phi) is 6.33. The van der Waals surface area contributed by atoms with Crippen LogP contribution in [0.4, 0.5) is 5.69 Å². The number of benzene rings is 2. The summed E-state index contributed by atoms with van der Waals surface area (Å²) in [5.74, 6) is 0.871.